The summed E-state index contributed by atoms with van der Waals surface area (Å²) >= 11 is 0. The summed E-state index contributed by atoms with van der Waals surface area (Å²) in [5, 5.41) is 11.7. The predicted molar refractivity (Wildman–Crippen MR) is 48.7 cm³/mol. The van der Waals surface area contributed by atoms with E-state index < -0.39 is 5.97 Å². The summed E-state index contributed by atoms with van der Waals surface area (Å²) in [5.74, 6) is -0.980. The Morgan fingerprint density at radius 1 is 1.50 bits per heavy atom. The molecule has 2 saturated heterocycles. The molecule has 0 aliphatic carbocycles. The van der Waals surface area contributed by atoms with E-state index in [4.69, 9.17) is 5.11 Å². The molecule has 0 aromatic rings. The molecule has 14 heavy (non-hydrogen) atoms. The number of carbonyl (C=O) groups is 2. The van der Waals surface area contributed by atoms with E-state index >= 15 is 0 Å². The molecule has 5 heteroatoms. The van der Waals surface area contributed by atoms with Gasteiger partial charge in [0.2, 0.25) is 5.91 Å². The summed E-state index contributed by atoms with van der Waals surface area (Å²) in [6, 6.07) is -0.0839. The van der Waals surface area contributed by atoms with Crippen LogP contribution in [0.25, 0.3) is 0 Å². The number of piperazine rings is 1. The number of carbonyl (C=O) groups excluding carboxylic acids is 1. The lowest BCUT2D eigenvalue weighted by atomic mass is 9.91. The molecule has 1 amide bonds. The minimum absolute atomic E-state index is 0.0556. The number of hydrogen-bond donors (Lipinski definition) is 2. The highest BCUT2D eigenvalue weighted by molar-refractivity contribution is 5.83. The van der Waals surface area contributed by atoms with Gasteiger partial charge in [0, 0.05) is 19.6 Å². The van der Waals surface area contributed by atoms with Crippen molar-refractivity contribution < 1.29 is 14.7 Å². The second-order valence-electron chi connectivity index (χ2n) is 3.91. The maximum absolute atomic E-state index is 11.4. The summed E-state index contributed by atoms with van der Waals surface area (Å²) < 4.78 is 0. The van der Waals surface area contributed by atoms with Crippen LogP contribution in [0.2, 0.25) is 0 Å². The standard InChI is InChI=1S/C9H14N2O3/c12-8-7-2-1-6(9(13)14)5-11(7)4-3-10-8/h6-7H,1-5H2,(H,10,12)(H,13,14). The molecule has 2 N–H and O–H groups in total. The Balaban J connectivity index is 2.03. The van der Waals surface area contributed by atoms with Crippen LogP contribution < -0.4 is 5.32 Å². The van der Waals surface area contributed by atoms with Crippen LogP contribution in [-0.4, -0.2) is 47.6 Å². The fourth-order valence-electron chi connectivity index (χ4n) is 2.23. The lowest BCUT2D eigenvalue weighted by Crippen LogP contribution is -2.59. The van der Waals surface area contributed by atoms with Crippen LogP contribution >= 0.6 is 0 Å². The maximum atomic E-state index is 11.4. The van der Waals surface area contributed by atoms with Gasteiger partial charge in [0.15, 0.2) is 0 Å². The Hall–Kier alpha value is -1.10. The molecule has 0 radical (unpaired) electrons. The van der Waals surface area contributed by atoms with E-state index in [0.29, 0.717) is 25.9 Å². The summed E-state index contributed by atoms with van der Waals surface area (Å²) in [6.45, 7) is 1.94. The lowest BCUT2D eigenvalue weighted by molar-refractivity contribution is -0.147. The van der Waals surface area contributed by atoms with Gasteiger partial charge >= 0.3 is 5.97 Å². The molecule has 0 aromatic heterocycles. The number of rotatable bonds is 1. The highest BCUT2D eigenvalue weighted by atomic mass is 16.4. The number of fused-ring (bicyclic) bond motifs is 1. The fraction of sp³-hybridized carbons (Fsp3) is 0.778. The van der Waals surface area contributed by atoms with Crippen LogP contribution in [0.3, 0.4) is 0 Å². The van der Waals surface area contributed by atoms with Crippen molar-refractivity contribution in [3.63, 3.8) is 0 Å². The summed E-state index contributed by atoms with van der Waals surface area (Å²) in [4.78, 5) is 24.2. The normalized spacial score (nSPS) is 33.3. The first-order valence-electron chi connectivity index (χ1n) is 4.93. The first-order valence-corrected chi connectivity index (χ1v) is 4.93. The Morgan fingerprint density at radius 2 is 2.29 bits per heavy atom. The monoisotopic (exact) mass is 198 g/mol. The Morgan fingerprint density at radius 3 is 3.00 bits per heavy atom. The number of nitrogens with one attached hydrogen (secondary N) is 1. The zero-order chi connectivity index (χ0) is 10.1. The van der Waals surface area contributed by atoms with Crippen LogP contribution in [0.4, 0.5) is 0 Å². The molecule has 2 aliphatic rings. The SMILES string of the molecule is O=C(O)C1CCC2C(=O)NCCN2C1. The second-order valence-corrected chi connectivity index (χ2v) is 3.91. The van der Waals surface area contributed by atoms with Gasteiger partial charge in [0.05, 0.1) is 12.0 Å². The molecular formula is C9H14N2O3. The number of amides is 1. The third-order valence-corrected chi connectivity index (χ3v) is 3.03. The summed E-state index contributed by atoms with van der Waals surface area (Å²) in [7, 11) is 0. The van der Waals surface area contributed by atoms with Crippen LogP contribution in [-0.2, 0) is 9.59 Å². The Bertz CT molecular complexity index is 267. The van der Waals surface area contributed by atoms with Crippen molar-refractivity contribution >= 4 is 11.9 Å². The molecule has 2 fully saturated rings. The minimum atomic E-state index is -0.741. The van der Waals surface area contributed by atoms with Gasteiger partial charge in [-0.05, 0) is 12.8 Å². The highest BCUT2D eigenvalue weighted by Crippen LogP contribution is 2.23. The van der Waals surface area contributed by atoms with Gasteiger partial charge < -0.3 is 10.4 Å². The van der Waals surface area contributed by atoms with E-state index in [9.17, 15) is 9.59 Å². The molecule has 0 aromatic carbocycles. The number of aliphatic carboxylic acids is 1. The van der Waals surface area contributed by atoms with Crippen molar-refractivity contribution in [2.24, 2.45) is 5.92 Å². The third kappa shape index (κ3) is 1.59. The zero-order valence-corrected chi connectivity index (χ0v) is 7.90. The predicted octanol–water partition coefficient (Wildman–Crippen LogP) is -0.719. The number of carboxylic acid groups (broad SMARTS) is 1. The van der Waals surface area contributed by atoms with Gasteiger partial charge in [-0.15, -0.1) is 0 Å². The number of hydrogen-bond acceptors (Lipinski definition) is 3. The molecule has 0 spiro atoms. The van der Waals surface area contributed by atoms with Crippen molar-refractivity contribution in [2.45, 2.75) is 18.9 Å². The maximum Gasteiger partial charge on any atom is 0.307 e. The smallest absolute Gasteiger partial charge is 0.307 e. The number of nitrogens with zero attached hydrogens (tertiary/aromatic N) is 1. The first-order chi connectivity index (χ1) is 6.68. The average Bonchev–Trinajstić information content (AvgIpc) is 2.17. The quantitative estimate of drug-likeness (QED) is 0.583. The Labute approximate surface area is 82.1 Å². The van der Waals surface area contributed by atoms with Gasteiger partial charge in [-0.2, -0.15) is 0 Å². The van der Waals surface area contributed by atoms with Crippen LogP contribution in [0.1, 0.15) is 12.8 Å². The highest BCUT2D eigenvalue weighted by Gasteiger charge is 2.37. The van der Waals surface area contributed by atoms with Crippen LogP contribution in [0.5, 0.6) is 0 Å². The topological polar surface area (TPSA) is 69.6 Å². The van der Waals surface area contributed by atoms with E-state index in [1.165, 1.54) is 0 Å². The van der Waals surface area contributed by atoms with E-state index in [1.807, 2.05) is 4.90 Å². The Kier molecular flexibility index (Phi) is 2.41. The molecule has 0 bridgehead atoms. The van der Waals surface area contributed by atoms with Crippen molar-refractivity contribution in [3.05, 3.63) is 0 Å². The molecule has 0 saturated carbocycles. The van der Waals surface area contributed by atoms with Gasteiger partial charge in [0.1, 0.15) is 0 Å². The average molecular weight is 198 g/mol. The molecule has 5 nitrogen and oxygen atoms in total. The molecule has 2 aliphatic heterocycles. The van der Waals surface area contributed by atoms with E-state index in [0.717, 1.165) is 6.54 Å². The largest absolute Gasteiger partial charge is 0.481 e. The van der Waals surface area contributed by atoms with E-state index in [1.54, 1.807) is 0 Å². The van der Waals surface area contributed by atoms with Gasteiger partial charge in [-0.1, -0.05) is 0 Å². The molecular weight excluding hydrogens is 184 g/mol. The molecule has 78 valence electrons. The molecule has 2 unspecified atom stereocenters. The molecule has 2 rings (SSSR count). The van der Waals surface area contributed by atoms with Gasteiger partial charge in [-0.25, -0.2) is 0 Å². The lowest BCUT2D eigenvalue weighted by Gasteiger charge is -2.40. The first kappa shape index (κ1) is 9.45. The minimum Gasteiger partial charge on any atom is -0.481 e. The van der Waals surface area contributed by atoms with Crippen molar-refractivity contribution in [3.8, 4) is 0 Å². The second kappa shape index (κ2) is 3.57. The summed E-state index contributed by atoms with van der Waals surface area (Å²) in [5.41, 5.74) is 0. The molecule has 2 heterocycles. The molecule has 2 atom stereocenters. The van der Waals surface area contributed by atoms with E-state index in [2.05, 4.69) is 5.32 Å². The van der Waals surface area contributed by atoms with Crippen molar-refractivity contribution in [1.82, 2.24) is 10.2 Å². The number of piperidine rings is 1. The summed E-state index contributed by atoms with van der Waals surface area (Å²) in [6.07, 6.45) is 1.28. The van der Waals surface area contributed by atoms with Gasteiger partial charge in [0.25, 0.3) is 0 Å². The van der Waals surface area contributed by atoms with Crippen molar-refractivity contribution in [1.29, 1.82) is 0 Å². The fourth-order valence-corrected chi connectivity index (χ4v) is 2.23. The zero-order valence-electron chi connectivity index (χ0n) is 7.90. The van der Waals surface area contributed by atoms with Crippen LogP contribution in [0, 0.1) is 5.92 Å². The van der Waals surface area contributed by atoms with Crippen molar-refractivity contribution in [2.75, 3.05) is 19.6 Å². The van der Waals surface area contributed by atoms with E-state index in [-0.39, 0.29) is 17.9 Å². The third-order valence-electron chi connectivity index (χ3n) is 3.03. The van der Waals surface area contributed by atoms with Gasteiger partial charge in [-0.3, -0.25) is 14.5 Å². The van der Waals surface area contributed by atoms with Crippen LogP contribution in [0.15, 0.2) is 0 Å². The number of carboxylic acids is 1.